The number of amides is 5. The molecule has 1 fully saturated rings. The summed E-state index contributed by atoms with van der Waals surface area (Å²) in [6, 6.07) is 23.4. The summed E-state index contributed by atoms with van der Waals surface area (Å²) in [7, 11) is 0. The lowest BCUT2D eigenvalue weighted by molar-refractivity contribution is -0.130. The summed E-state index contributed by atoms with van der Waals surface area (Å²) in [5.74, 6) is -0.926. The van der Waals surface area contributed by atoms with Crippen molar-refractivity contribution in [3.05, 3.63) is 119 Å². The number of aromatic nitrogens is 2. The summed E-state index contributed by atoms with van der Waals surface area (Å²) in [6.45, 7) is 16.0. The highest BCUT2D eigenvalue weighted by molar-refractivity contribution is 5.89. The second kappa shape index (κ2) is 19.5. The fourth-order valence-electron chi connectivity index (χ4n) is 7.77. The largest absolute Gasteiger partial charge is 0.465 e. The van der Waals surface area contributed by atoms with E-state index in [0.717, 1.165) is 39.3 Å². The Morgan fingerprint density at radius 1 is 0.733 bits per heavy atom. The summed E-state index contributed by atoms with van der Waals surface area (Å²) in [5.41, 5.74) is 4.76. The maximum Gasteiger partial charge on any atom is 0.405 e. The van der Waals surface area contributed by atoms with Crippen molar-refractivity contribution in [3.63, 3.8) is 0 Å². The Kier molecular flexibility index (Phi) is 14.7. The van der Waals surface area contributed by atoms with Gasteiger partial charge in [0.25, 0.3) is 0 Å². The van der Waals surface area contributed by atoms with Crippen LogP contribution in [0.15, 0.2) is 91.1 Å². The molecule has 5 atom stereocenters. The zero-order chi connectivity index (χ0) is 43.8. The quantitative estimate of drug-likeness (QED) is 0.0875. The highest BCUT2D eigenvalue weighted by Gasteiger charge is 2.44. The van der Waals surface area contributed by atoms with Crippen molar-refractivity contribution >= 4 is 23.9 Å². The van der Waals surface area contributed by atoms with E-state index in [2.05, 4.69) is 25.9 Å². The maximum absolute atomic E-state index is 14.6. The van der Waals surface area contributed by atoms with E-state index in [9.17, 15) is 29.4 Å². The molecule has 320 valence electrons. The summed E-state index contributed by atoms with van der Waals surface area (Å²) in [6.07, 6.45) is -0.0924. The van der Waals surface area contributed by atoms with Gasteiger partial charge in [-0.15, -0.1) is 0 Å². The first-order valence-electron chi connectivity index (χ1n) is 20.6. The van der Waals surface area contributed by atoms with Crippen LogP contribution in [0.1, 0.15) is 76.2 Å². The molecule has 5 N–H and O–H groups in total. The van der Waals surface area contributed by atoms with E-state index in [0.29, 0.717) is 26.1 Å². The number of pyridine rings is 2. The molecular weight excluding hydrogens is 759 g/mol. The molecule has 0 spiro atoms. The van der Waals surface area contributed by atoms with Crippen LogP contribution in [0.4, 0.5) is 9.59 Å². The van der Waals surface area contributed by atoms with Crippen LogP contribution in [0.3, 0.4) is 0 Å². The predicted molar refractivity (Wildman–Crippen MR) is 232 cm³/mol. The zero-order valence-corrected chi connectivity index (χ0v) is 36.1. The number of aliphatic hydroxyl groups excluding tert-OH is 1. The van der Waals surface area contributed by atoms with Crippen molar-refractivity contribution in [2.75, 3.05) is 13.1 Å². The van der Waals surface area contributed by atoms with E-state index < -0.39 is 53.1 Å². The van der Waals surface area contributed by atoms with Gasteiger partial charge in [0, 0.05) is 42.3 Å². The van der Waals surface area contributed by atoms with Gasteiger partial charge < -0.3 is 36.0 Å². The number of carboxylic acid groups (broad SMARTS) is 1. The van der Waals surface area contributed by atoms with Crippen LogP contribution in [0.2, 0.25) is 0 Å². The van der Waals surface area contributed by atoms with E-state index in [-0.39, 0.29) is 24.8 Å². The second-order valence-corrected chi connectivity index (χ2v) is 18.1. The van der Waals surface area contributed by atoms with E-state index in [1.807, 2.05) is 126 Å². The molecule has 0 bridgehead atoms. The smallest absolute Gasteiger partial charge is 0.405 e. The number of hydrogen-bond acceptors (Lipinski definition) is 7. The van der Waals surface area contributed by atoms with Crippen LogP contribution in [-0.4, -0.2) is 97.3 Å². The van der Waals surface area contributed by atoms with Crippen LogP contribution in [-0.2, 0) is 29.0 Å². The van der Waals surface area contributed by atoms with Crippen molar-refractivity contribution in [1.82, 2.24) is 35.7 Å². The first kappa shape index (κ1) is 45.3. The lowest BCUT2D eigenvalue weighted by Gasteiger charge is -2.38. The second-order valence-electron chi connectivity index (χ2n) is 18.1. The third-order valence-corrected chi connectivity index (χ3v) is 10.8. The number of aryl methyl sites for hydroxylation is 2. The van der Waals surface area contributed by atoms with Gasteiger partial charge in [-0.2, -0.15) is 0 Å². The van der Waals surface area contributed by atoms with E-state index in [4.69, 9.17) is 0 Å². The van der Waals surface area contributed by atoms with Crippen molar-refractivity contribution in [2.45, 2.75) is 111 Å². The SMILES string of the molecule is Cc1ccc(-c2ccc(C[C@H](NC(=O)[C@@H](NC(=O)O)C(C)(C)C)[C@H](O)C[C@H](Cc3ccccc3)NC(=O)[C@@H](N3CCN(Cc4cccc(C)n4)C3=O)C(C)(C)C)cc2)cn1. The molecule has 0 radical (unpaired) electrons. The van der Waals surface area contributed by atoms with Gasteiger partial charge in [-0.1, -0.05) is 108 Å². The molecule has 1 aliphatic heterocycles. The average Bonchev–Trinajstić information content (AvgIpc) is 3.51. The number of rotatable bonds is 16. The third-order valence-electron chi connectivity index (χ3n) is 10.8. The number of nitrogens with zero attached hydrogens (tertiary/aromatic N) is 4. The molecule has 1 aliphatic rings. The topological polar surface area (TPSA) is 177 Å². The number of benzene rings is 2. The molecule has 1 saturated heterocycles. The summed E-state index contributed by atoms with van der Waals surface area (Å²) in [4.78, 5) is 66.5. The lowest BCUT2D eigenvalue weighted by atomic mass is 9.84. The molecule has 13 nitrogen and oxygen atoms in total. The van der Waals surface area contributed by atoms with Gasteiger partial charge in [-0.25, -0.2) is 9.59 Å². The van der Waals surface area contributed by atoms with Gasteiger partial charge in [0.2, 0.25) is 11.8 Å². The average molecular weight is 820 g/mol. The molecule has 60 heavy (non-hydrogen) atoms. The summed E-state index contributed by atoms with van der Waals surface area (Å²) < 4.78 is 0. The number of hydrogen-bond donors (Lipinski definition) is 5. The van der Waals surface area contributed by atoms with E-state index >= 15 is 0 Å². The minimum Gasteiger partial charge on any atom is -0.465 e. The molecule has 2 aromatic carbocycles. The van der Waals surface area contributed by atoms with Gasteiger partial charge in [0.1, 0.15) is 12.1 Å². The Labute approximate surface area is 354 Å². The van der Waals surface area contributed by atoms with Crippen LogP contribution in [0.25, 0.3) is 11.1 Å². The number of aliphatic hydroxyl groups is 1. The van der Waals surface area contributed by atoms with E-state index in [1.54, 1.807) is 30.6 Å². The van der Waals surface area contributed by atoms with Crippen LogP contribution in [0, 0.1) is 24.7 Å². The standard InChI is InChI=1S/C47H61N7O6/c1-30-17-20-35(28-48-30)34-21-18-33(19-22-34)26-38(51-42(56)40(46(3,4)5)52-44(58)59)39(55)27-37(25-32-14-10-9-11-15-32)50-43(57)41(47(6,7)8)54-24-23-53(45(54)60)29-36-16-12-13-31(2)49-36/h9-22,28,37-41,52,55H,23-27,29H2,1-8H3,(H,50,57)(H,51,56)(H,58,59)/t37-,38-,39+,40+,41+/m0/s1. The predicted octanol–water partition coefficient (Wildman–Crippen LogP) is 6.30. The Morgan fingerprint density at radius 2 is 1.40 bits per heavy atom. The maximum atomic E-state index is 14.6. The fraction of sp³-hybridized carbons (Fsp3) is 0.447. The Bertz CT molecular complexity index is 2080. The Hall–Kier alpha value is -5.82. The fourth-order valence-corrected chi connectivity index (χ4v) is 7.77. The van der Waals surface area contributed by atoms with Crippen molar-refractivity contribution in [2.24, 2.45) is 10.8 Å². The van der Waals surface area contributed by atoms with Crippen molar-refractivity contribution < 1.29 is 29.4 Å². The number of nitrogens with one attached hydrogen (secondary N) is 3. The van der Waals surface area contributed by atoms with Crippen molar-refractivity contribution in [1.29, 1.82) is 0 Å². The molecule has 0 saturated carbocycles. The Morgan fingerprint density at radius 3 is 2.00 bits per heavy atom. The highest BCUT2D eigenvalue weighted by Crippen LogP contribution is 2.29. The van der Waals surface area contributed by atoms with Gasteiger partial charge in [0.15, 0.2) is 0 Å². The van der Waals surface area contributed by atoms with Crippen LogP contribution in [0.5, 0.6) is 0 Å². The minimum atomic E-state index is -1.34. The van der Waals surface area contributed by atoms with Gasteiger partial charge in [0.05, 0.1) is 24.4 Å². The third kappa shape index (κ3) is 12.4. The van der Waals surface area contributed by atoms with Gasteiger partial charge >= 0.3 is 12.1 Å². The molecule has 4 aromatic rings. The van der Waals surface area contributed by atoms with Gasteiger partial charge in [-0.3, -0.25) is 19.6 Å². The normalized spacial score (nSPS) is 15.8. The molecule has 5 rings (SSSR count). The molecule has 0 aliphatic carbocycles. The molecule has 5 amide bonds. The lowest BCUT2D eigenvalue weighted by Crippen LogP contribution is -2.59. The molecule has 3 heterocycles. The zero-order valence-electron chi connectivity index (χ0n) is 36.1. The van der Waals surface area contributed by atoms with Gasteiger partial charge in [-0.05, 0) is 78.8 Å². The first-order chi connectivity index (χ1) is 28.3. The van der Waals surface area contributed by atoms with E-state index in [1.165, 1.54) is 0 Å². The number of carbonyl (C=O) groups excluding carboxylic acids is 3. The molecule has 2 aromatic heterocycles. The van der Waals surface area contributed by atoms with Crippen molar-refractivity contribution in [3.8, 4) is 11.1 Å². The van der Waals surface area contributed by atoms with Crippen LogP contribution >= 0.6 is 0 Å². The Balaban J connectivity index is 1.41. The molecular formula is C47H61N7O6. The molecule has 0 unspecified atom stereocenters. The van der Waals surface area contributed by atoms with Crippen LogP contribution < -0.4 is 16.0 Å². The molecule has 13 heteroatoms. The summed E-state index contributed by atoms with van der Waals surface area (Å²) >= 11 is 0. The number of carbonyl (C=O) groups is 4. The monoisotopic (exact) mass is 819 g/mol. The summed E-state index contributed by atoms with van der Waals surface area (Å²) in [5, 5.41) is 30.3. The first-order valence-corrected chi connectivity index (χ1v) is 20.6. The number of urea groups is 1. The minimum absolute atomic E-state index is 0.0429. The highest BCUT2D eigenvalue weighted by atomic mass is 16.4.